The van der Waals surface area contributed by atoms with E-state index in [2.05, 4.69) is 40.7 Å². The van der Waals surface area contributed by atoms with E-state index in [1.807, 2.05) is 0 Å². The van der Waals surface area contributed by atoms with Crippen molar-refractivity contribution in [3.05, 3.63) is 11.6 Å². The molecule has 2 heteroatoms. The summed E-state index contributed by atoms with van der Waals surface area (Å²) in [6.45, 7) is 12.1. The number of fused-ring (bicyclic) bond motifs is 5. The molecule has 0 saturated heterocycles. The van der Waals surface area contributed by atoms with Crippen LogP contribution < -0.4 is 0 Å². The highest BCUT2D eigenvalue weighted by Crippen LogP contribution is 2.68. The van der Waals surface area contributed by atoms with E-state index in [0.717, 1.165) is 42.9 Å². The molecule has 2 N–H and O–H groups in total. The molecule has 4 aliphatic rings. The molecule has 2 nitrogen and oxygen atoms in total. The molecule has 4 rings (SSSR count). The van der Waals surface area contributed by atoms with Gasteiger partial charge in [0.05, 0.1) is 5.60 Å². The van der Waals surface area contributed by atoms with Gasteiger partial charge >= 0.3 is 0 Å². The molecular weight excluding hydrogens is 368 g/mol. The molecule has 30 heavy (non-hydrogen) atoms. The molecule has 0 amide bonds. The molecule has 0 aromatic carbocycles. The molecule has 0 spiro atoms. The third-order valence-corrected chi connectivity index (χ3v) is 10.8. The van der Waals surface area contributed by atoms with E-state index >= 15 is 0 Å². The van der Waals surface area contributed by atoms with Crippen LogP contribution in [0.2, 0.25) is 0 Å². The minimum absolute atomic E-state index is 0.265. The fourth-order valence-corrected chi connectivity index (χ4v) is 8.94. The molecule has 0 heterocycles. The van der Waals surface area contributed by atoms with E-state index in [9.17, 15) is 10.2 Å². The normalized spacial score (nSPS) is 46.2. The highest BCUT2D eigenvalue weighted by Gasteiger charge is 2.61. The Kier molecular flexibility index (Phi) is 6.26. The van der Waals surface area contributed by atoms with Crippen molar-refractivity contribution >= 4 is 0 Å². The lowest BCUT2D eigenvalue weighted by Gasteiger charge is -2.59. The van der Waals surface area contributed by atoms with Crippen LogP contribution in [0.15, 0.2) is 11.6 Å². The smallest absolute Gasteiger partial charge is 0.0653 e. The van der Waals surface area contributed by atoms with Gasteiger partial charge in [0.2, 0.25) is 0 Å². The average molecular weight is 417 g/mol. The average Bonchev–Trinajstić information content (AvgIpc) is 3.06. The fourth-order valence-electron chi connectivity index (χ4n) is 8.94. The minimum atomic E-state index is -0.564. The minimum Gasteiger partial charge on any atom is -0.396 e. The van der Waals surface area contributed by atoms with Crippen molar-refractivity contribution in [2.75, 3.05) is 6.61 Å². The van der Waals surface area contributed by atoms with E-state index in [4.69, 9.17) is 0 Å². The van der Waals surface area contributed by atoms with Crippen LogP contribution in [0.4, 0.5) is 0 Å². The summed E-state index contributed by atoms with van der Waals surface area (Å²) in [5.41, 5.74) is 1.99. The van der Waals surface area contributed by atoms with Gasteiger partial charge in [0.1, 0.15) is 0 Å². The summed E-state index contributed by atoms with van der Waals surface area (Å²) in [6.07, 6.45) is 16.3. The van der Waals surface area contributed by atoms with E-state index in [1.54, 1.807) is 5.57 Å². The van der Waals surface area contributed by atoms with Gasteiger partial charge in [0.15, 0.2) is 0 Å². The zero-order valence-electron chi connectivity index (χ0n) is 20.4. The lowest BCUT2D eigenvalue weighted by Crippen LogP contribution is -2.52. The number of hydrogen-bond acceptors (Lipinski definition) is 2. The van der Waals surface area contributed by atoms with E-state index in [1.165, 1.54) is 51.4 Å². The fraction of sp³-hybridized carbons (Fsp3) is 0.929. The standard InChI is InChI=1S/C28H48O2/c1-19-12-15-26(3)21(17-19)8-9-22-23-10-11-25(27(23,4)16-13-24(22)26)28(5,30)14-6-7-20(2)18-29/h8,19-20,22-25,29-30H,6-7,9-18H2,1-5H3/t19-,20?,22-,23-,24-,25-,26-,27-,28-/m0/s1. The molecule has 0 aromatic rings. The number of hydrogen-bond donors (Lipinski definition) is 2. The van der Waals surface area contributed by atoms with Crippen LogP contribution in [0.25, 0.3) is 0 Å². The van der Waals surface area contributed by atoms with Gasteiger partial charge < -0.3 is 10.2 Å². The Balaban J connectivity index is 1.50. The molecule has 3 fully saturated rings. The van der Waals surface area contributed by atoms with Gasteiger partial charge in [0, 0.05) is 6.61 Å². The third-order valence-electron chi connectivity index (χ3n) is 10.8. The summed E-state index contributed by atoms with van der Waals surface area (Å²) < 4.78 is 0. The second kappa shape index (κ2) is 8.22. The van der Waals surface area contributed by atoms with E-state index < -0.39 is 5.60 Å². The first-order valence-electron chi connectivity index (χ1n) is 13.1. The molecule has 3 saturated carbocycles. The molecule has 4 aliphatic carbocycles. The molecule has 0 bridgehead atoms. The van der Waals surface area contributed by atoms with Crippen LogP contribution in [-0.4, -0.2) is 22.4 Å². The molecule has 172 valence electrons. The van der Waals surface area contributed by atoms with Crippen molar-refractivity contribution in [3.63, 3.8) is 0 Å². The predicted octanol–water partition coefficient (Wildman–Crippen LogP) is 6.75. The maximum atomic E-state index is 11.6. The number of aliphatic hydroxyl groups excluding tert-OH is 1. The first-order chi connectivity index (χ1) is 14.1. The first kappa shape index (κ1) is 22.8. The van der Waals surface area contributed by atoms with E-state index in [0.29, 0.717) is 22.7 Å². The Labute approximate surface area is 185 Å². The lowest BCUT2D eigenvalue weighted by atomic mass is 9.46. The van der Waals surface area contributed by atoms with Crippen LogP contribution in [0.3, 0.4) is 0 Å². The summed E-state index contributed by atoms with van der Waals surface area (Å²) in [5.74, 6) is 4.15. The highest BCUT2D eigenvalue weighted by atomic mass is 16.3. The highest BCUT2D eigenvalue weighted by molar-refractivity contribution is 5.25. The summed E-state index contributed by atoms with van der Waals surface area (Å²) in [5, 5.41) is 20.9. The third kappa shape index (κ3) is 3.72. The van der Waals surface area contributed by atoms with Crippen LogP contribution in [-0.2, 0) is 0 Å². The van der Waals surface area contributed by atoms with Crippen molar-refractivity contribution < 1.29 is 10.2 Å². The predicted molar refractivity (Wildman–Crippen MR) is 125 cm³/mol. The number of aliphatic hydroxyl groups is 2. The Morgan fingerprint density at radius 2 is 1.90 bits per heavy atom. The largest absolute Gasteiger partial charge is 0.396 e. The second-order valence-electron chi connectivity index (χ2n) is 12.8. The van der Waals surface area contributed by atoms with Gasteiger partial charge in [-0.3, -0.25) is 0 Å². The molecule has 9 atom stereocenters. The van der Waals surface area contributed by atoms with Crippen LogP contribution in [0.1, 0.15) is 105 Å². The molecule has 0 aromatic heterocycles. The zero-order valence-corrected chi connectivity index (χ0v) is 20.4. The SMILES string of the molecule is CC(CO)CCC[C@](C)(O)[C@H]1CC[C@H]2[C@@H]3CC=C4C[C@@H](C)CC[C@]4(C)[C@H]3CC[C@@]21C. The summed E-state index contributed by atoms with van der Waals surface area (Å²) >= 11 is 0. The summed E-state index contributed by atoms with van der Waals surface area (Å²) in [7, 11) is 0. The van der Waals surface area contributed by atoms with Crippen molar-refractivity contribution in [1.29, 1.82) is 0 Å². The van der Waals surface area contributed by atoms with E-state index in [-0.39, 0.29) is 6.61 Å². The first-order valence-corrected chi connectivity index (χ1v) is 13.1. The number of allylic oxidation sites excluding steroid dienone is 2. The number of rotatable bonds is 6. The van der Waals surface area contributed by atoms with Gasteiger partial charge in [-0.1, -0.05) is 45.8 Å². The zero-order chi connectivity index (χ0) is 21.7. The summed E-state index contributed by atoms with van der Waals surface area (Å²) in [4.78, 5) is 0. The van der Waals surface area contributed by atoms with Crippen molar-refractivity contribution in [3.8, 4) is 0 Å². The Bertz CT molecular complexity index is 651. The summed E-state index contributed by atoms with van der Waals surface area (Å²) in [6, 6.07) is 0. The molecular formula is C28H48O2. The maximum Gasteiger partial charge on any atom is 0.0653 e. The van der Waals surface area contributed by atoms with Crippen molar-refractivity contribution in [1.82, 2.24) is 0 Å². The van der Waals surface area contributed by atoms with Gasteiger partial charge in [-0.25, -0.2) is 0 Å². The lowest BCUT2D eigenvalue weighted by molar-refractivity contribution is -0.104. The van der Waals surface area contributed by atoms with Crippen molar-refractivity contribution in [2.24, 2.45) is 46.3 Å². The van der Waals surface area contributed by atoms with Crippen LogP contribution in [0.5, 0.6) is 0 Å². The second-order valence-corrected chi connectivity index (χ2v) is 12.8. The van der Waals surface area contributed by atoms with Crippen molar-refractivity contribution in [2.45, 2.75) is 111 Å². The van der Waals surface area contributed by atoms with Gasteiger partial charge in [-0.05, 0) is 117 Å². The molecule has 0 radical (unpaired) electrons. The van der Waals surface area contributed by atoms with Gasteiger partial charge in [0.25, 0.3) is 0 Å². The van der Waals surface area contributed by atoms with Gasteiger partial charge in [-0.2, -0.15) is 0 Å². The van der Waals surface area contributed by atoms with Crippen LogP contribution >= 0.6 is 0 Å². The Morgan fingerprint density at radius 3 is 2.63 bits per heavy atom. The monoisotopic (exact) mass is 416 g/mol. The maximum absolute atomic E-state index is 11.6. The topological polar surface area (TPSA) is 40.5 Å². The molecule has 1 unspecified atom stereocenters. The molecule has 0 aliphatic heterocycles. The quantitative estimate of drug-likeness (QED) is 0.470. The van der Waals surface area contributed by atoms with Gasteiger partial charge in [-0.15, -0.1) is 0 Å². The Morgan fingerprint density at radius 1 is 1.13 bits per heavy atom. The Hall–Kier alpha value is -0.340. The van der Waals surface area contributed by atoms with Crippen LogP contribution in [0, 0.1) is 46.3 Å².